The SMILES string of the molecule is CCn1nc(CN2CCNCC23CCCCC3)c2ccccc21. The van der Waals surface area contributed by atoms with Crippen LogP contribution in [0, 0.1) is 0 Å². The minimum Gasteiger partial charge on any atom is -0.314 e. The monoisotopic (exact) mass is 312 g/mol. The zero-order valence-electron chi connectivity index (χ0n) is 14.2. The first kappa shape index (κ1) is 15.2. The molecule has 1 aliphatic heterocycles. The summed E-state index contributed by atoms with van der Waals surface area (Å²) in [5.41, 5.74) is 2.90. The van der Waals surface area contributed by atoms with Crippen LogP contribution in [0.25, 0.3) is 10.9 Å². The molecule has 1 spiro atoms. The van der Waals surface area contributed by atoms with Crippen LogP contribution in [0.15, 0.2) is 24.3 Å². The van der Waals surface area contributed by atoms with Crippen molar-refractivity contribution in [2.75, 3.05) is 19.6 Å². The molecule has 0 unspecified atom stereocenters. The molecule has 1 saturated carbocycles. The smallest absolute Gasteiger partial charge is 0.0843 e. The van der Waals surface area contributed by atoms with E-state index < -0.39 is 0 Å². The van der Waals surface area contributed by atoms with Gasteiger partial charge in [0, 0.05) is 43.6 Å². The van der Waals surface area contributed by atoms with E-state index in [0.29, 0.717) is 5.54 Å². The molecule has 2 aromatic rings. The van der Waals surface area contributed by atoms with E-state index in [1.807, 2.05) is 0 Å². The fourth-order valence-electron chi connectivity index (χ4n) is 4.57. The van der Waals surface area contributed by atoms with Gasteiger partial charge in [-0.3, -0.25) is 9.58 Å². The van der Waals surface area contributed by atoms with Crippen molar-refractivity contribution in [3.8, 4) is 0 Å². The van der Waals surface area contributed by atoms with Gasteiger partial charge < -0.3 is 5.32 Å². The summed E-state index contributed by atoms with van der Waals surface area (Å²) in [6, 6.07) is 8.69. The van der Waals surface area contributed by atoms with Crippen molar-refractivity contribution < 1.29 is 0 Å². The van der Waals surface area contributed by atoms with E-state index in [4.69, 9.17) is 5.10 Å². The molecule has 23 heavy (non-hydrogen) atoms. The first-order valence-corrected chi connectivity index (χ1v) is 9.23. The topological polar surface area (TPSA) is 33.1 Å². The Morgan fingerprint density at radius 3 is 2.83 bits per heavy atom. The first-order chi connectivity index (χ1) is 11.3. The number of rotatable bonds is 3. The third kappa shape index (κ3) is 2.68. The molecule has 0 radical (unpaired) electrons. The van der Waals surface area contributed by atoms with Gasteiger partial charge in [-0.15, -0.1) is 0 Å². The molecule has 2 fully saturated rings. The molecule has 1 aliphatic carbocycles. The van der Waals surface area contributed by atoms with Crippen LogP contribution in [0.5, 0.6) is 0 Å². The van der Waals surface area contributed by atoms with E-state index in [0.717, 1.165) is 32.7 Å². The first-order valence-electron chi connectivity index (χ1n) is 9.23. The van der Waals surface area contributed by atoms with Crippen LogP contribution in [0.3, 0.4) is 0 Å². The van der Waals surface area contributed by atoms with Crippen molar-refractivity contribution in [2.24, 2.45) is 0 Å². The van der Waals surface area contributed by atoms with Crippen molar-refractivity contribution in [1.82, 2.24) is 20.0 Å². The number of nitrogens with one attached hydrogen (secondary N) is 1. The second-order valence-electron chi connectivity index (χ2n) is 7.16. The molecule has 2 aliphatic rings. The molecule has 1 N–H and O–H groups in total. The van der Waals surface area contributed by atoms with E-state index in [2.05, 4.69) is 46.1 Å². The largest absolute Gasteiger partial charge is 0.314 e. The van der Waals surface area contributed by atoms with Crippen molar-refractivity contribution in [3.05, 3.63) is 30.0 Å². The maximum absolute atomic E-state index is 4.93. The van der Waals surface area contributed by atoms with E-state index >= 15 is 0 Å². The standard InChI is InChI=1S/C19H28N4/c1-2-23-18-9-5-4-8-16(18)17(21-23)14-22-13-12-20-15-19(22)10-6-3-7-11-19/h4-5,8-9,20H,2-3,6-7,10-15H2,1H3. The Morgan fingerprint density at radius 2 is 2.00 bits per heavy atom. The Kier molecular flexibility index (Phi) is 4.12. The number of hydrogen-bond donors (Lipinski definition) is 1. The maximum Gasteiger partial charge on any atom is 0.0843 e. The minimum atomic E-state index is 0.369. The predicted octanol–water partition coefficient (Wildman–Crippen LogP) is 3.16. The summed E-state index contributed by atoms with van der Waals surface area (Å²) in [7, 11) is 0. The molecule has 0 bridgehead atoms. The van der Waals surface area contributed by atoms with Gasteiger partial charge in [0.15, 0.2) is 0 Å². The second-order valence-corrected chi connectivity index (χ2v) is 7.16. The van der Waals surface area contributed by atoms with E-state index in [9.17, 15) is 0 Å². The number of hydrogen-bond acceptors (Lipinski definition) is 3. The van der Waals surface area contributed by atoms with Gasteiger partial charge in [-0.25, -0.2) is 0 Å². The normalized spacial score (nSPS) is 22.0. The molecule has 4 heteroatoms. The van der Waals surface area contributed by atoms with Crippen molar-refractivity contribution in [3.63, 3.8) is 0 Å². The fraction of sp³-hybridized carbons (Fsp3) is 0.632. The molecular formula is C19H28N4. The van der Waals surface area contributed by atoms with Crippen LogP contribution in [-0.2, 0) is 13.1 Å². The Hall–Kier alpha value is -1.39. The Labute approximate surface area is 138 Å². The van der Waals surface area contributed by atoms with Crippen LogP contribution < -0.4 is 5.32 Å². The van der Waals surface area contributed by atoms with Crippen LogP contribution in [0.2, 0.25) is 0 Å². The average molecular weight is 312 g/mol. The molecule has 4 rings (SSSR count). The highest BCUT2D eigenvalue weighted by atomic mass is 15.3. The minimum absolute atomic E-state index is 0.369. The summed E-state index contributed by atoms with van der Waals surface area (Å²) < 4.78 is 2.15. The molecule has 1 saturated heterocycles. The third-order valence-corrected chi connectivity index (χ3v) is 5.84. The molecule has 4 nitrogen and oxygen atoms in total. The zero-order chi connectivity index (χ0) is 15.7. The highest BCUT2D eigenvalue weighted by Gasteiger charge is 2.39. The zero-order valence-corrected chi connectivity index (χ0v) is 14.2. The number of piperazine rings is 1. The average Bonchev–Trinajstić information content (AvgIpc) is 2.96. The number of benzene rings is 1. The van der Waals surface area contributed by atoms with Gasteiger partial charge in [0.1, 0.15) is 0 Å². The number of aryl methyl sites for hydroxylation is 1. The molecule has 1 aromatic heterocycles. The number of fused-ring (bicyclic) bond motifs is 1. The highest BCUT2D eigenvalue weighted by Crippen LogP contribution is 2.36. The number of para-hydroxylation sites is 1. The maximum atomic E-state index is 4.93. The molecule has 1 aromatic carbocycles. The quantitative estimate of drug-likeness (QED) is 0.945. The van der Waals surface area contributed by atoms with Gasteiger partial charge in [-0.05, 0) is 25.8 Å². The van der Waals surface area contributed by atoms with Crippen LogP contribution in [0.1, 0.15) is 44.7 Å². The van der Waals surface area contributed by atoms with Crippen LogP contribution >= 0.6 is 0 Å². The number of aromatic nitrogens is 2. The summed E-state index contributed by atoms with van der Waals surface area (Å²) in [6.07, 6.45) is 6.84. The molecule has 0 amide bonds. The van der Waals surface area contributed by atoms with Crippen molar-refractivity contribution in [1.29, 1.82) is 0 Å². The van der Waals surface area contributed by atoms with E-state index in [-0.39, 0.29) is 0 Å². The molecule has 124 valence electrons. The summed E-state index contributed by atoms with van der Waals surface area (Å²) in [5.74, 6) is 0. The molecule has 0 atom stereocenters. The van der Waals surface area contributed by atoms with Crippen molar-refractivity contribution in [2.45, 2.75) is 57.7 Å². The molecular weight excluding hydrogens is 284 g/mol. The highest BCUT2D eigenvalue weighted by molar-refractivity contribution is 5.81. The predicted molar refractivity (Wildman–Crippen MR) is 94.5 cm³/mol. The fourth-order valence-corrected chi connectivity index (χ4v) is 4.57. The lowest BCUT2D eigenvalue weighted by Gasteiger charge is -2.49. The van der Waals surface area contributed by atoms with Crippen molar-refractivity contribution >= 4 is 10.9 Å². The van der Waals surface area contributed by atoms with Gasteiger partial charge in [0.05, 0.1) is 11.2 Å². The number of nitrogens with zero attached hydrogens (tertiary/aromatic N) is 3. The van der Waals surface area contributed by atoms with Gasteiger partial charge in [-0.1, -0.05) is 37.5 Å². The molecule has 2 heterocycles. The van der Waals surface area contributed by atoms with Gasteiger partial charge >= 0.3 is 0 Å². The summed E-state index contributed by atoms with van der Waals surface area (Å²) >= 11 is 0. The van der Waals surface area contributed by atoms with E-state index in [1.54, 1.807) is 0 Å². The Bertz CT molecular complexity index is 661. The summed E-state index contributed by atoms with van der Waals surface area (Å²) in [4.78, 5) is 2.73. The van der Waals surface area contributed by atoms with Gasteiger partial charge in [0.25, 0.3) is 0 Å². The third-order valence-electron chi connectivity index (χ3n) is 5.84. The Balaban J connectivity index is 1.66. The summed E-state index contributed by atoms with van der Waals surface area (Å²) in [5, 5.41) is 9.91. The van der Waals surface area contributed by atoms with Crippen LogP contribution in [-0.4, -0.2) is 39.9 Å². The van der Waals surface area contributed by atoms with Gasteiger partial charge in [0.2, 0.25) is 0 Å². The van der Waals surface area contributed by atoms with Crippen LogP contribution in [0.4, 0.5) is 0 Å². The summed E-state index contributed by atoms with van der Waals surface area (Å²) in [6.45, 7) is 7.51. The Morgan fingerprint density at radius 1 is 1.17 bits per heavy atom. The second kappa shape index (κ2) is 6.25. The van der Waals surface area contributed by atoms with Gasteiger partial charge in [-0.2, -0.15) is 5.10 Å². The lowest BCUT2D eigenvalue weighted by atomic mass is 9.79. The lowest BCUT2D eigenvalue weighted by Crippen LogP contribution is -2.61. The van der Waals surface area contributed by atoms with E-state index in [1.165, 1.54) is 48.7 Å². The lowest BCUT2D eigenvalue weighted by molar-refractivity contribution is 0.0201.